The summed E-state index contributed by atoms with van der Waals surface area (Å²) in [6.45, 7) is 0.529. The molecule has 0 radical (unpaired) electrons. The van der Waals surface area contributed by atoms with Gasteiger partial charge in [-0.15, -0.1) is 0 Å². The summed E-state index contributed by atoms with van der Waals surface area (Å²) in [5, 5.41) is 7.41. The fraction of sp³-hybridized carbons (Fsp3) is 0.643. The Balaban J connectivity index is 2.06. The van der Waals surface area contributed by atoms with Crippen LogP contribution in [-0.2, 0) is 9.53 Å². The van der Waals surface area contributed by atoms with E-state index < -0.39 is 18.0 Å². The van der Waals surface area contributed by atoms with E-state index in [-0.39, 0.29) is 24.9 Å². The third kappa shape index (κ3) is 9.19. The minimum Gasteiger partial charge on any atom is -0.447 e. The maximum Gasteiger partial charge on any atom is 0.407 e. The first-order chi connectivity index (χ1) is 11.5. The molecule has 1 fully saturated rings. The molecule has 24 heavy (non-hydrogen) atoms. The summed E-state index contributed by atoms with van der Waals surface area (Å²) in [6.07, 6.45) is 2.81. The van der Waals surface area contributed by atoms with Crippen LogP contribution in [-0.4, -0.2) is 49.5 Å². The van der Waals surface area contributed by atoms with Gasteiger partial charge in [0.15, 0.2) is 0 Å². The number of nitrogens with one attached hydrogen (secondary N) is 3. The van der Waals surface area contributed by atoms with Crippen molar-refractivity contribution in [2.75, 3.05) is 26.2 Å². The Labute approximate surface area is 157 Å². The molecule has 1 atom stereocenters. The van der Waals surface area contributed by atoms with Crippen LogP contribution in [0.25, 0.3) is 0 Å². The summed E-state index contributed by atoms with van der Waals surface area (Å²) in [5.74, 6) is 5.93. The van der Waals surface area contributed by atoms with Crippen molar-refractivity contribution in [2.45, 2.75) is 25.3 Å². The molecule has 1 aliphatic carbocycles. The van der Waals surface area contributed by atoms with Crippen LogP contribution in [0.5, 0.6) is 0 Å². The van der Waals surface area contributed by atoms with Gasteiger partial charge in [-0.25, -0.2) is 4.79 Å². The number of hydrogen-bond acceptors (Lipinski definition) is 6. The van der Waals surface area contributed by atoms with E-state index in [1.807, 2.05) is 21.2 Å². The van der Waals surface area contributed by atoms with Gasteiger partial charge in [-0.1, -0.05) is 18.3 Å². The highest BCUT2D eigenvalue weighted by molar-refractivity contribution is 14.2. The number of halogens is 1. The van der Waals surface area contributed by atoms with Crippen LogP contribution in [0.4, 0.5) is 9.59 Å². The van der Waals surface area contributed by atoms with E-state index in [0.29, 0.717) is 12.5 Å². The van der Waals surface area contributed by atoms with Crippen molar-refractivity contribution in [3.63, 3.8) is 0 Å². The highest BCUT2D eigenvalue weighted by Crippen LogP contribution is 2.24. The monoisotopic (exact) mass is 468 g/mol. The van der Waals surface area contributed by atoms with Crippen LogP contribution in [0.15, 0.2) is 0 Å². The minimum absolute atomic E-state index is 0.186. The van der Waals surface area contributed by atoms with Gasteiger partial charge in [0.2, 0.25) is 5.91 Å². The number of carbonyl (C=O) groups excluding carboxylic acids is 3. The molecule has 0 aromatic rings. The van der Waals surface area contributed by atoms with Crippen LogP contribution >= 0.6 is 30.1 Å². The Morgan fingerprint density at radius 3 is 2.58 bits per heavy atom. The fourth-order valence-corrected chi connectivity index (χ4v) is 2.29. The number of alkyl carbamates (subject to hydrolysis) is 1. The van der Waals surface area contributed by atoms with Crippen LogP contribution in [0, 0.1) is 17.8 Å². The summed E-state index contributed by atoms with van der Waals surface area (Å²) in [4.78, 5) is 34.0. The summed E-state index contributed by atoms with van der Waals surface area (Å²) >= 11 is 1.86. The van der Waals surface area contributed by atoms with E-state index in [1.54, 1.807) is 0 Å². The van der Waals surface area contributed by atoms with E-state index >= 15 is 0 Å². The fourth-order valence-electron chi connectivity index (χ4n) is 1.67. The largest absolute Gasteiger partial charge is 0.447 e. The van der Waals surface area contributed by atoms with E-state index in [4.69, 9.17) is 10.5 Å². The zero-order chi connectivity index (χ0) is 17.8. The van der Waals surface area contributed by atoms with E-state index in [0.717, 1.165) is 21.8 Å². The maximum atomic E-state index is 11.7. The van der Waals surface area contributed by atoms with Crippen LogP contribution in [0.1, 0.15) is 19.3 Å². The Hall–Kier alpha value is -1.19. The van der Waals surface area contributed by atoms with Crippen molar-refractivity contribution in [2.24, 2.45) is 11.7 Å². The zero-order valence-electron chi connectivity index (χ0n) is 13.1. The van der Waals surface area contributed by atoms with Gasteiger partial charge in [0.1, 0.15) is 12.6 Å². The lowest BCUT2D eigenvalue weighted by atomic mass is 9.86. The van der Waals surface area contributed by atoms with Crippen LogP contribution in [0.3, 0.4) is 0 Å². The molecule has 10 heteroatoms. The topological polar surface area (TPSA) is 123 Å². The first kappa shape index (κ1) is 20.9. The highest BCUT2D eigenvalue weighted by atomic mass is 127. The van der Waals surface area contributed by atoms with Crippen LogP contribution in [0.2, 0.25) is 0 Å². The minimum atomic E-state index is -0.966. The predicted molar refractivity (Wildman–Crippen MR) is 100 cm³/mol. The molecule has 1 unspecified atom stereocenters. The normalized spacial score (nSPS) is 14.4. The Morgan fingerprint density at radius 1 is 1.25 bits per heavy atom. The van der Waals surface area contributed by atoms with E-state index in [1.165, 1.54) is 6.42 Å². The smallest absolute Gasteiger partial charge is 0.407 e. The van der Waals surface area contributed by atoms with Crippen molar-refractivity contribution in [1.82, 2.24) is 16.0 Å². The van der Waals surface area contributed by atoms with Crippen molar-refractivity contribution >= 4 is 47.4 Å². The average Bonchev–Trinajstić information content (AvgIpc) is 2.54. The molecule has 1 rings (SSSR count). The van der Waals surface area contributed by atoms with Crippen molar-refractivity contribution in [3.8, 4) is 11.8 Å². The van der Waals surface area contributed by atoms with Gasteiger partial charge in [0.05, 0.1) is 6.54 Å². The van der Waals surface area contributed by atoms with Gasteiger partial charge >= 0.3 is 6.09 Å². The second-order valence-electron chi connectivity index (χ2n) is 5.09. The van der Waals surface area contributed by atoms with Gasteiger partial charge in [-0.3, -0.25) is 9.59 Å². The molecule has 0 aliphatic heterocycles. The standard InChI is InChI=1S/C14H21IN4O4S/c15-24-14(22)19-8-7-17-12(20)11(16)9-23-13(21)18-6-2-5-10-3-1-4-10/h10-11H,1,3-4,6-9,16H2,(H,17,20)(H,18,21)(H,19,22). The number of rotatable bonds is 7. The molecule has 8 nitrogen and oxygen atoms in total. The maximum absolute atomic E-state index is 11.7. The number of nitrogens with two attached hydrogens (primary N) is 1. The molecule has 0 heterocycles. The first-order valence-corrected chi connectivity index (χ1v) is 10.9. The number of ether oxygens (including phenoxy) is 1. The molecule has 0 bridgehead atoms. The molecule has 0 aromatic heterocycles. The lowest BCUT2D eigenvalue weighted by Crippen LogP contribution is -2.46. The second-order valence-corrected chi connectivity index (χ2v) is 6.94. The van der Waals surface area contributed by atoms with Crippen molar-refractivity contribution in [3.05, 3.63) is 0 Å². The van der Waals surface area contributed by atoms with E-state index in [2.05, 4.69) is 27.8 Å². The first-order valence-electron chi connectivity index (χ1n) is 7.51. The SMILES string of the molecule is NC(COC(=O)NCC#CC1CCC1)C(=O)NCCNC(=O)SI. The molecule has 0 aromatic carbocycles. The van der Waals surface area contributed by atoms with Crippen molar-refractivity contribution < 1.29 is 19.1 Å². The van der Waals surface area contributed by atoms with Crippen LogP contribution < -0.4 is 21.7 Å². The lowest BCUT2D eigenvalue weighted by molar-refractivity contribution is -0.123. The molecule has 5 N–H and O–H groups in total. The predicted octanol–water partition coefficient (Wildman–Crippen LogP) is 0.752. The molecule has 3 amide bonds. The molecule has 1 aliphatic rings. The number of carbonyl (C=O) groups is 3. The van der Waals surface area contributed by atoms with Gasteiger partial charge in [0.25, 0.3) is 5.24 Å². The Morgan fingerprint density at radius 2 is 1.96 bits per heavy atom. The third-order valence-electron chi connectivity index (χ3n) is 3.23. The highest BCUT2D eigenvalue weighted by Gasteiger charge is 2.15. The molecule has 0 spiro atoms. The molecular formula is C14H21IN4O4S. The summed E-state index contributed by atoms with van der Waals surface area (Å²) in [7, 11) is 1.02. The van der Waals surface area contributed by atoms with Gasteiger partial charge in [0, 0.05) is 49.1 Å². The summed E-state index contributed by atoms with van der Waals surface area (Å²) < 4.78 is 4.86. The third-order valence-corrected chi connectivity index (χ3v) is 4.71. The molecule has 0 saturated heterocycles. The molecule has 134 valence electrons. The number of hydrogen-bond donors (Lipinski definition) is 4. The molecular weight excluding hydrogens is 447 g/mol. The lowest BCUT2D eigenvalue weighted by Gasteiger charge is -2.18. The van der Waals surface area contributed by atoms with Crippen molar-refractivity contribution in [1.29, 1.82) is 0 Å². The second kappa shape index (κ2) is 12.2. The Kier molecular flexibility index (Phi) is 10.6. The van der Waals surface area contributed by atoms with Gasteiger partial charge in [-0.2, -0.15) is 0 Å². The quantitative estimate of drug-likeness (QED) is 0.249. The zero-order valence-corrected chi connectivity index (χ0v) is 16.1. The van der Waals surface area contributed by atoms with E-state index in [9.17, 15) is 14.4 Å². The molecule has 1 saturated carbocycles. The Bertz CT molecular complexity index is 505. The average molecular weight is 468 g/mol. The number of amides is 3. The van der Waals surface area contributed by atoms with Gasteiger partial charge in [-0.05, 0) is 12.8 Å². The summed E-state index contributed by atoms with van der Waals surface area (Å²) in [6, 6.07) is -0.966. The summed E-state index contributed by atoms with van der Waals surface area (Å²) in [5.41, 5.74) is 5.62. The van der Waals surface area contributed by atoms with Gasteiger partial charge < -0.3 is 26.4 Å².